The monoisotopic (exact) mass is 386 g/mol. The highest BCUT2D eigenvalue weighted by molar-refractivity contribution is 6.12. The second-order valence-corrected chi connectivity index (χ2v) is 7.88. The summed E-state index contributed by atoms with van der Waals surface area (Å²) < 4.78 is 5.98. The molecule has 0 amide bonds. The number of aromatic hydroxyl groups is 1. The average Bonchev–Trinajstić information content (AvgIpc) is 2.60. The number of carboxylic acids is 1. The number of Topliss-reactive ketones (excluding diaryl/α,β-unsaturated/α-hetero) is 2. The SMILES string of the molecule is CCC[C@H]1O[C@H](CC(=O)O)C=C2[C@]13CC(=O)C[C@]2(O)c1cccc(O)c1C3=O. The number of benzene rings is 1. The van der Waals surface area contributed by atoms with E-state index in [0.717, 1.165) is 0 Å². The Kier molecular flexibility index (Phi) is 4.21. The molecule has 148 valence electrons. The molecule has 3 aliphatic rings. The van der Waals surface area contributed by atoms with E-state index in [-0.39, 0.29) is 41.9 Å². The van der Waals surface area contributed by atoms with Crippen molar-refractivity contribution in [1.29, 1.82) is 0 Å². The first-order valence-corrected chi connectivity index (χ1v) is 9.45. The van der Waals surface area contributed by atoms with Gasteiger partial charge >= 0.3 is 5.97 Å². The van der Waals surface area contributed by atoms with E-state index in [2.05, 4.69) is 0 Å². The highest BCUT2D eigenvalue weighted by Gasteiger charge is 2.66. The number of phenolic OH excluding ortho intramolecular Hbond substituents is 1. The van der Waals surface area contributed by atoms with Crippen LogP contribution in [0, 0.1) is 5.41 Å². The number of ether oxygens (including phenoxy) is 1. The van der Waals surface area contributed by atoms with E-state index in [4.69, 9.17) is 4.74 Å². The van der Waals surface area contributed by atoms with Crippen LogP contribution in [0.25, 0.3) is 0 Å². The van der Waals surface area contributed by atoms with Gasteiger partial charge in [-0.3, -0.25) is 14.4 Å². The van der Waals surface area contributed by atoms with Crippen molar-refractivity contribution >= 4 is 17.5 Å². The zero-order valence-electron chi connectivity index (χ0n) is 15.5. The van der Waals surface area contributed by atoms with E-state index in [1.54, 1.807) is 0 Å². The molecular formula is C21H22O7. The molecule has 7 heteroatoms. The lowest BCUT2D eigenvalue weighted by Crippen LogP contribution is -2.62. The molecule has 3 N–H and O–H groups in total. The summed E-state index contributed by atoms with van der Waals surface area (Å²) >= 11 is 0. The molecule has 0 radical (unpaired) electrons. The van der Waals surface area contributed by atoms with E-state index in [1.165, 1.54) is 24.3 Å². The van der Waals surface area contributed by atoms with Crippen molar-refractivity contribution in [3.63, 3.8) is 0 Å². The minimum absolute atomic E-state index is 0.0241. The molecule has 0 spiro atoms. The van der Waals surface area contributed by atoms with Gasteiger partial charge in [0.1, 0.15) is 17.1 Å². The number of rotatable bonds is 4. The molecule has 4 atom stereocenters. The molecule has 7 nitrogen and oxygen atoms in total. The number of carbonyl (C=O) groups excluding carboxylic acids is 2. The molecule has 0 saturated heterocycles. The number of hydrogen-bond donors (Lipinski definition) is 3. The summed E-state index contributed by atoms with van der Waals surface area (Å²) in [5, 5.41) is 31.2. The van der Waals surface area contributed by atoms with Crippen LogP contribution in [-0.2, 0) is 19.9 Å². The summed E-state index contributed by atoms with van der Waals surface area (Å²) in [5.41, 5.74) is -2.61. The smallest absolute Gasteiger partial charge is 0.306 e. The molecule has 2 aliphatic carbocycles. The fourth-order valence-electron chi connectivity index (χ4n) is 5.14. The minimum atomic E-state index is -1.76. The third-order valence-corrected chi connectivity index (χ3v) is 6.14. The number of carboxylic acid groups (broad SMARTS) is 1. The molecule has 1 heterocycles. The predicted molar refractivity (Wildman–Crippen MR) is 96.9 cm³/mol. The first-order valence-electron chi connectivity index (χ1n) is 9.45. The van der Waals surface area contributed by atoms with Gasteiger partial charge in [0.25, 0.3) is 0 Å². The number of fused-ring (bicyclic) bond motifs is 2. The van der Waals surface area contributed by atoms with Crippen LogP contribution in [-0.4, -0.2) is 45.1 Å². The van der Waals surface area contributed by atoms with Crippen molar-refractivity contribution < 1.29 is 34.4 Å². The van der Waals surface area contributed by atoms with Gasteiger partial charge in [-0.15, -0.1) is 0 Å². The maximum absolute atomic E-state index is 13.6. The molecule has 1 aromatic rings. The Morgan fingerprint density at radius 1 is 1.29 bits per heavy atom. The van der Waals surface area contributed by atoms with E-state index in [1.807, 2.05) is 6.92 Å². The minimum Gasteiger partial charge on any atom is -0.507 e. The zero-order chi connectivity index (χ0) is 20.3. The summed E-state index contributed by atoms with van der Waals surface area (Å²) in [7, 11) is 0. The van der Waals surface area contributed by atoms with Crippen LogP contribution in [0.4, 0.5) is 0 Å². The maximum atomic E-state index is 13.6. The van der Waals surface area contributed by atoms with Crippen molar-refractivity contribution in [2.24, 2.45) is 5.41 Å². The number of ketones is 2. The molecule has 1 aliphatic heterocycles. The molecule has 28 heavy (non-hydrogen) atoms. The number of phenols is 1. The van der Waals surface area contributed by atoms with E-state index >= 15 is 0 Å². The molecule has 0 aromatic heterocycles. The van der Waals surface area contributed by atoms with Crippen molar-refractivity contribution in [2.45, 2.75) is 56.8 Å². The van der Waals surface area contributed by atoms with Crippen LogP contribution in [0.5, 0.6) is 5.75 Å². The van der Waals surface area contributed by atoms with Gasteiger partial charge in [0, 0.05) is 18.4 Å². The van der Waals surface area contributed by atoms with Gasteiger partial charge in [0.15, 0.2) is 5.78 Å². The van der Waals surface area contributed by atoms with Crippen molar-refractivity contribution in [3.05, 3.63) is 41.0 Å². The lowest BCUT2D eigenvalue weighted by molar-refractivity contribution is -0.149. The Morgan fingerprint density at radius 3 is 2.71 bits per heavy atom. The van der Waals surface area contributed by atoms with Crippen LogP contribution in [0.15, 0.2) is 29.8 Å². The number of aliphatic carboxylic acids is 1. The quantitative estimate of drug-likeness (QED) is 0.678. The van der Waals surface area contributed by atoms with Gasteiger partial charge in [-0.2, -0.15) is 0 Å². The lowest BCUT2D eigenvalue weighted by Gasteiger charge is -2.56. The highest BCUT2D eigenvalue weighted by Crippen LogP contribution is 2.61. The molecule has 0 unspecified atom stereocenters. The molecule has 1 fully saturated rings. The van der Waals surface area contributed by atoms with Crippen LogP contribution in [0.3, 0.4) is 0 Å². The number of carbonyl (C=O) groups is 3. The Balaban J connectivity index is 2.02. The summed E-state index contributed by atoms with van der Waals surface area (Å²) in [5.74, 6) is -2.00. The molecule has 4 rings (SSSR count). The second kappa shape index (κ2) is 6.25. The van der Waals surface area contributed by atoms with Crippen LogP contribution in [0.1, 0.15) is 54.9 Å². The third-order valence-electron chi connectivity index (χ3n) is 6.14. The largest absolute Gasteiger partial charge is 0.507 e. The van der Waals surface area contributed by atoms with Crippen LogP contribution in [0.2, 0.25) is 0 Å². The Labute approximate surface area is 161 Å². The first kappa shape index (κ1) is 18.8. The normalized spacial score (nSPS) is 33.7. The standard InChI is InChI=1S/C21H22O7/c1-2-4-16-20-9-11(22)10-21(27,15(20)7-12(28-16)8-17(24)25)13-5-3-6-14(23)18(13)19(20)26/h3,5-7,12,16,23,27H,2,4,8-10H2,1H3,(H,24,25)/t12-,16+,20+,21-/m0/s1. The van der Waals surface area contributed by atoms with Gasteiger partial charge in [-0.05, 0) is 18.1 Å². The van der Waals surface area contributed by atoms with Crippen molar-refractivity contribution in [1.82, 2.24) is 0 Å². The first-order chi connectivity index (χ1) is 13.2. The topological polar surface area (TPSA) is 121 Å². The average molecular weight is 386 g/mol. The molecule has 2 bridgehead atoms. The van der Waals surface area contributed by atoms with Crippen LogP contribution >= 0.6 is 0 Å². The summed E-state index contributed by atoms with van der Waals surface area (Å²) in [6.07, 6.45) is 0.378. The van der Waals surface area contributed by atoms with E-state index in [0.29, 0.717) is 18.4 Å². The Morgan fingerprint density at radius 2 is 2.04 bits per heavy atom. The Bertz CT molecular complexity index is 917. The number of aliphatic hydroxyl groups is 1. The van der Waals surface area contributed by atoms with Gasteiger partial charge in [-0.1, -0.05) is 31.6 Å². The third kappa shape index (κ3) is 2.39. The van der Waals surface area contributed by atoms with Gasteiger partial charge < -0.3 is 20.1 Å². The molecule has 1 saturated carbocycles. The van der Waals surface area contributed by atoms with Gasteiger partial charge in [-0.25, -0.2) is 0 Å². The lowest BCUT2D eigenvalue weighted by atomic mass is 9.50. The summed E-state index contributed by atoms with van der Waals surface area (Å²) in [4.78, 5) is 37.5. The van der Waals surface area contributed by atoms with Crippen LogP contribution < -0.4 is 0 Å². The molecule has 1 aromatic carbocycles. The zero-order valence-corrected chi connectivity index (χ0v) is 15.5. The van der Waals surface area contributed by atoms with Gasteiger partial charge in [0.05, 0.1) is 29.6 Å². The second-order valence-electron chi connectivity index (χ2n) is 7.88. The Hall–Kier alpha value is -2.51. The number of hydrogen-bond acceptors (Lipinski definition) is 6. The fourth-order valence-corrected chi connectivity index (χ4v) is 5.14. The molecular weight excluding hydrogens is 364 g/mol. The van der Waals surface area contributed by atoms with E-state index < -0.39 is 35.0 Å². The van der Waals surface area contributed by atoms with Crippen molar-refractivity contribution in [2.75, 3.05) is 0 Å². The predicted octanol–water partition coefficient (Wildman–Crippen LogP) is 2.09. The highest BCUT2D eigenvalue weighted by atomic mass is 16.5. The summed E-state index contributed by atoms with van der Waals surface area (Å²) in [6.45, 7) is 1.90. The summed E-state index contributed by atoms with van der Waals surface area (Å²) in [6, 6.07) is 4.44. The maximum Gasteiger partial charge on any atom is 0.306 e. The fraction of sp³-hybridized carbons (Fsp3) is 0.476. The van der Waals surface area contributed by atoms with Gasteiger partial charge in [0.2, 0.25) is 0 Å². The van der Waals surface area contributed by atoms with E-state index in [9.17, 15) is 29.7 Å². The van der Waals surface area contributed by atoms with Crippen molar-refractivity contribution in [3.8, 4) is 5.75 Å².